The van der Waals surface area contributed by atoms with Gasteiger partial charge in [0.2, 0.25) is 0 Å². The second kappa shape index (κ2) is 3.57. The fourth-order valence-electron chi connectivity index (χ4n) is 0.881. The van der Waals surface area contributed by atoms with Gasteiger partial charge in [0, 0.05) is 11.3 Å². The van der Waals surface area contributed by atoms with E-state index in [1.807, 2.05) is 0 Å². The number of amides is 1. The van der Waals surface area contributed by atoms with Crippen molar-refractivity contribution in [1.29, 1.82) is 0 Å². The number of hydrogen-bond donors (Lipinski definition) is 2. The highest BCUT2D eigenvalue weighted by atomic mass is 19.4. The number of hydrogen-bond acceptors (Lipinski definition) is 2. The van der Waals surface area contributed by atoms with Gasteiger partial charge in [-0.1, -0.05) is 6.07 Å². The topological polar surface area (TPSA) is 55.1 Å². The predicted molar refractivity (Wildman–Crippen MR) is 44.4 cm³/mol. The maximum Gasteiger partial charge on any atom is 0.484 e. The molecule has 0 aliphatic heterocycles. The van der Waals surface area contributed by atoms with Gasteiger partial charge < -0.3 is 5.73 Å². The van der Waals surface area contributed by atoms with E-state index in [0.29, 0.717) is 0 Å². The van der Waals surface area contributed by atoms with Crippen molar-refractivity contribution < 1.29 is 18.0 Å². The molecule has 6 heteroatoms. The minimum absolute atomic E-state index is 0.123. The van der Waals surface area contributed by atoms with Gasteiger partial charge in [-0.3, -0.25) is 10.1 Å². The summed E-state index contributed by atoms with van der Waals surface area (Å²) in [7, 11) is 0. The quantitative estimate of drug-likeness (QED) is 0.538. The van der Waals surface area contributed by atoms with E-state index in [2.05, 4.69) is 0 Å². The molecule has 0 aromatic heterocycles. The van der Waals surface area contributed by atoms with Crippen molar-refractivity contribution >= 4 is 11.6 Å². The Bertz CT molecular complexity index is 349. The number of nitrogens with one attached hydrogen (secondary N) is 1. The molecular weight excluding hydrogens is 197 g/mol. The fraction of sp³-hybridized carbons (Fsp3) is 0.125. The SMILES string of the molecule is Nc1cccc(C(=O)NC(F)(F)F)c1. The molecule has 0 saturated carbocycles. The second-order valence-corrected chi connectivity index (χ2v) is 2.58. The summed E-state index contributed by atoms with van der Waals surface area (Å²) in [5.74, 6) is -1.22. The standard InChI is InChI=1S/C8H7F3N2O/c9-8(10,11)13-7(14)5-2-1-3-6(12)4-5/h1-4H,12H2,(H,13,14). The highest BCUT2D eigenvalue weighted by molar-refractivity contribution is 5.95. The number of rotatable bonds is 1. The molecule has 0 atom stereocenters. The van der Waals surface area contributed by atoms with Crippen molar-refractivity contribution in [3.05, 3.63) is 29.8 Å². The monoisotopic (exact) mass is 204 g/mol. The maximum atomic E-state index is 11.7. The molecule has 0 heterocycles. The van der Waals surface area contributed by atoms with E-state index in [1.165, 1.54) is 24.3 Å². The Balaban J connectivity index is 2.80. The highest BCUT2D eigenvalue weighted by Gasteiger charge is 2.30. The molecule has 1 amide bonds. The number of halogens is 3. The first-order chi connectivity index (χ1) is 6.38. The van der Waals surface area contributed by atoms with E-state index >= 15 is 0 Å². The molecule has 0 saturated heterocycles. The van der Waals surface area contributed by atoms with Crippen molar-refractivity contribution in [1.82, 2.24) is 5.32 Å². The average molecular weight is 204 g/mol. The van der Waals surface area contributed by atoms with E-state index in [0.717, 1.165) is 5.32 Å². The van der Waals surface area contributed by atoms with Crippen LogP contribution in [0.15, 0.2) is 24.3 Å². The molecule has 76 valence electrons. The first-order valence-electron chi connectivity index (χ1n) is 3.63. The molecule has 0 aliphatic carbocycles. The number of nitrogen functional groups attached to an aromatic ring is 1. The van der Waals surface area contributed by atoms with Crippen molar-refractivity contribution in [2.75, 3.05) is 5.73 Å². The van der Waals surface area contributed by atoms with Gasteiger partial charge in [-0.2, -0.15) is 13.2 Å². The zero-order chi connectivity index (χ0) is 10.8. The molecule has 1 rings (SSSR count). The lowest BCUT2D eigenvalue weighted by Gasteiger charge is -2.08. The lowest BCUT2D eigenvalue weighted by Crippen LogP contribution is -2.37. The molecule has 0 bridgehead atoms. The summed E-state index contributed by atoms with van der Waals surface area (Å²) in [6.07, 6.45) is -4.72. The van der Waals surface area contributed by atoms with E-state index in [4.69, 9.17) is 5.73 Å². The highest BCUT2D eigenvalue weighted by Crippen LogP contribution is 2.12. The van der Waals surface area contributed by atoms with Crippen LogP contribution in [0.25, 0.3) is 0 Å². The Kier molecular flexibility index (Phi) is 2.64. The van der Waals surface area contributed by atoms with Crippen molar-refractivity contribution in [3.8, 4) is 0 Å². The van der Waals surface area contributed by atoms with Crippen molar-refractivity contribution in [2.24, 2.45) is 0 Å². The van der Waals surface area contributed by atoms with Gasteiger partial charge in [-0.25, -0.2) is 0 Å². The Hall–Kier alpha value is -1.72. The van der Waals surface area contributed by atoms with Gasteiger partial charge in [0.15, 0.2) is 0 Å². The van der Waals surface area contributed by atoms with Crippen LogP contribution in [0.2, 0.25) is 0 Å². The summed E-state index contributed by atoms with van der Waals surface area (Å²) in [5.41, 5.74) is 5.41. The van der Waals surface area contributed by atoms with E-state index < -0.39 is 12.2 Å². The Morgan fingerprint density at radius 2 is 2.00 bits per heavy atom. The van der Waals surface area contributed by atoms with E-state index in [9.17, 15) is 18.0 Å². The van der Waals surface area contributed by atoms with Crippen LogP contribution in [0, 0.1) is 0 Å². The molecule has 1 aromatic rings. The molecule has 0 fully saturated rings. The first-order valence-corrected chi connectivity index (χ1v) is 3.63. The van der Waals surface area contributed by atoms with Crippen molar-refractivity contribution in [2.45, 2.75) is 6.30 Å². The number of carbonyl (C=O) groups is 1. The predicted octanol–water partition coefficient (Wildman–Crippen LogP) is 1.52. The summed E-state index contributed by atoms with van der Waals surface area (Å²) >= 11 is 0. The van der Waals surface area contributed by atoms with Crippen LogP contribution in [-0.4, -0.2) is 12.2 Å². The molecule has 3 nitrogen and oxygen atoms in total. The van der Waals surface area contributed by atoms with Gasteiger partial charge in [0.05, 0.1) is 0 Å². The van der Waals surface area contributed by atoms with Crippen LogP contribution in [-0.2, 0) is 0 Å². The van der Waals surface area contributed by atoms with Gasteiger partial charge in [0.1, 0.15) is 0 Å². The summed E-state index contributed by atoms with van der Waals surface area (Å²) in [6.45, 7) is 0. The molecule has 1 aromatic carbocycles. The van der Waals surface area contributed by atoms with Crippen LogP contribution in [0.4, 0.5) is 18.9 Å². The molecule has 0 unspecified atom stereocenters. The van der Waals surface area contributed by atoms with Gasteiger partial charge >= 0.3 is 6.30 Å². The Morgan fingerprint density at radius 3 is 2.50 bits per heavy atom. The van der Waals surface area contributed by atoms with E-state index in [-0.39, 0.29) is 11.3 Å². The number of nitrogens with two attached hydrogens (primary N) is 1. The lowest BCUT2D eigenvalue weighted by atomic mass is 10.2. The van der Waals surface area contributed by atoms with Crippen LogP contribution in [0.3, 0.4) is 0 Å². The average Bonchev–Trinajstić information content (AvgIpc) is 2.01. The van der Waals surface area contributed by atoms with Gasteiger partial charge in [0.25, 0.3) is 5.91 Å². The molecule has 0 aliphatic rings. The Morgan fingerprint density at radius 1 is 1.36 bits per heavy atom. The van der Waals surface area contributed by atoms with Crippen LogP contribution in [0.1, 0.15) is 10.4 Å². The molecule has 3 N–H and O–H groups in total. The fourth-order valence-corrected chi connectivity index (χ4v) is 0.881. The third-order valence-corrected chi connectivity index (χ3v) is 1.40. The molecule has 14 heavy (non-hydrogen) atoms. The summed E-state index contributed by atoms with van der Waals surface area (Å²) < 4.78 is 35.2. The minimum Gasteiger partial charge on any atom is -0.399 e. The second-order valence-electron chi connectivity index (χ2n) is 2.58. The zero-order valence-corrected chi connectivity index (χ0v) is 6.93. The molecule has 0 spiro atoms. The zero-order valence-electron chi connectivity index (χ0n) is 6.93. The summed E-state index contributed by atoms with van der Waals surface area (Å²) in [5, 5.41) is 0.868. The molecular formula is C8H7F3N2O. The largest absolute Gasteiger partial charge is 0.484 e. The molecule has 0 radical (unpaired) electrons. The third kappa shape index (κ3) is 2.96. The number of benzene rings is 1. The van der Waals surface area contributed by atoms with Crippen LogP contribution >= 0.6 is 0 Å². The number of carbonyl (C=O) groups excluding carboxylic acids is 1. The van der Waals surface area contributed by atoms with Crippen molar-refractivity contribution in [3.63, 3.8) is 0 Å². The Labute approximate surface area is 77.7 Å². The normalized spacial score (nSPS) is 11.1. The summed E-state index contributed by atoms with van der Waals surface area (Å²) in [6, 6.07) is 5.30. The minimum atomic E-state index is -4.72. The van der Waals surface area contributed by atoms with E-state index in [1.54, 1.807) is 0 Å². The number of anilines is 1. The number of alkyl halides is 3. The first kappa shape index (κ1) is 10.4. The maximum absolute atomic E-state index is 11.7. The third-order valence-electron chi connectivity index (χ3n) is 1.40. The van der Waals surface area contributed by atoms with Gasteiger partial charge in [-0.15, -0.1) is 0 Å². The van der Waals surface area contributed by atoms with Crippen LogP contribution in [0.5, 0.6) is 0 Å². The summed E-state index contributed by atoms with van der Waals surface area (Å²) in [4.78, 5) is 10.9. The van der Waals surface area contributed by atoms with Crippen LogP contribution < -0.4 is 11.1 Å². The smallest absolute Gasteiger partial charge is 0.399 e. The lowest BCUT2D eigenvalue weighted by molar-refractivity contribution is -0.146. The van der Waals surface area contributed by atoms with Gasteiger partial charge in [-0.05, 0) is 18.2 Å².